The lowest BCUT2D eigenvalue weighted by Crippen LogP contribution is -2.40. The molecule has 2 aliphatic heterocycles. The quantitative estimate of drug-likeness (QED) is 0.814. The normalized spacial score (nSPS) is 26.2. The smallest absolute Gasteiger partial charge is 0.235 e. The largest absolute Gasteiger partial charge is 0.391 e. The zero-order valence-corrected chi connectivity index (χ0v) is 11.1. The molecule has 0 aliphatic carbocycles. The first-order valence-corrected chi connectivity index (χ1v) is 6.85. The number of hydrogen-bond acceptors (Lipinski definition) is 3. The predicted octanol–water partition coefficient (Wildman–Crippen LogP) is 2.05. The molecule has 1 fully saturated rings. The van der Waals surface area contributed by atoms with Gasteiger partial charge in [0.2, 0.25) is 5.91 Å². The Labute approximate surface area is 113 Å². The van der Waals surface area contributed by atoms with E-state index in [4.69, 9.17) is 4.84 Å². The van der Waals surface area contributed by atoms with Crippen molar-refractivity contribution in [1.29, 1.82) is 0 Å². The van der Waals surface area contributed by atoms with Crippen LogP contribution in [-0.2, 0) is 9.63 Å². The Bertz CT molecular complexity index is 492. The van der Waals surface area contributed by atoms with E-state index in [1.807, 2.05) is 42.2 Å². The van der Waals surface area contributed by atoms with E-state index in [0.29, 0.717) is 0 Å². The van der Waals surface area contributed by atoms with Gasteiger partial charge < -0.3 is 9.74 Å². The Morgan fingerprint density at radius 1 is 1.26 bits per heavy atom. The van der Waals surface area contributed by atoms with Gasteiger partial charge in [0, 0.05) is 18.7 Å². The number of hydrogen-bond donors (Lipinski definition) is 0. The van der Waals surface area contributed by atoms with Gasteiger partial charge >= 0.3 is 0 Å². The van der Waals surface area contributed by atoms with E-state index in [-0.39, 0.29) is 17.9 Å². The summed E-state index contributed by atoms with van der Waals surface area (Å²) in [5, 5.41) is 4.13. The number of likely N-dealkylation sites (tertiary alicyclic amines) is 1. The van der Waals surface area contributed by atoms with Crippen molar-refractivity contribution in [3.63, 3.8) is 0 Å². The van der Waals surface area contributed by atoms with Crippen LogP contribution in [0.25, 0.3) is 0 Å². The third kappa shape index (κ3) is 2.23. The van der Waals surface area contributed by atoms with Gasteiger partial charge in [-0.3, -0.25) is 4.79 Å². The van der Waals surface area contributed by atoms with E-state index in [2.05, 4.69) is 5.16 Å². The summed E-state index contributed by atoms with van der Waals surface area (Å²) in [5.74, 6) is -0.106. The molecule has 100 valence electrons. The molecule has 1 saturated heterocycles. The molecule has 0 saturated carbocycles. The van der Waals surface area contributed by atoms with E-state index in [0.717, 1.165) is 37.2 Å². The average molecular weight is 258 g/mol. The van der Waals surface area contributed by atoms with Gasteiger partial charge in [0.25, 0.3) is 0 Å². The molecule has 1 aromatic carbocycles. The summed E-state index contributed by atoms with van der Waals surface area (Å²) in [4.78, 5) is 19.9. The van der Waals surface area contributed by atoms with Crippen LogP contribution >= 0.6 is 0 Å². The van der Waals surface area contributed by atoms with Gasteiger partial charge in [-0.25, -0.2) is 0 Å². The fourth-order valence-electron chi connectivity index (χ4n) is 2.77. The first-order valence-electron chi connectivity index (χ1n) is 6.85. The molecule has 4 heteroatoms. The molecule has 0 radical (unpaired) electrons. The van der Waals surface area contributed by atoms with Gasteiger partial charge in [0.1, 0.15) is 17.7 Å². The van der Waals surface area contributed by atoms with Gasteiger partial charge in [-0.1, -0.05) is 35.5 Å². The fourth-order valence-corrected chi connectivity index (χ4v) is 2.77. The third-order valence-electron chi connectivity index (χ3n) is 3.83. The van der Waals surface area contributed by atoms with Crippen LogP contribution in [0.5, 0.6) is 0 Å². The average Bonchev–Trinajstić information content (AvgIpc) is 3.08. The fraction of sp³-hybridized carbons (Fsp3) is 0.467. The van der Waals surface area contributed by atoms with Crippen LogP contribution in [0, 0.1) is 5.92 Å². The highest BCUT2D eigenvalue weighted by Gasteiger charge is 2.40. The van der Waals surface area contributed by atoms with Crippen LogP contribution in [0.1, 0.15) is 25.3 Å². The zero-order chi connectivity index (χ0) is 13.2. The van der Waals surface area contributed by atoms with E-state index >= 15 is 0 Å². The Kier molecular flexibility index (Phi) is 3.23. The predicted molar refractivity (Wildman–Crippen MR) is 72.8 cm³/mol. The molecule has 2 atom stereocenters. The van der Waals surface area contributed by atoms with Gasteiger partial charge in [0.15, 0.2) is 0 Å². The van der Waals surface area contributed by atoms with Crippen molar-refractivity contribution in [2.75, 3.05) is 13.1 Å². The highest BCUT2D eigenvalue weighted by Crippen LogP contribution is 2.26. The molecule has 4 nitrogen and oxygen atoms in total. The maximum Gasteiger partial charge on any atom is 0.235 e. The number of carbonyl (C=O) groups is 1. The van der Waals surface area contributed by atoms with E-state index < -0.39 is 0 Å². The minimum atomic E-state index is -0.263. The lowest BCUT2D eigenvalue weighted by atomic mass is 9.92. The summed E-state index contributed by atoms with van der Waals surface area (Å²) in [5.41, 5.74) is 1.74. The van der Waals surface area contributed by atoms with Crippen molar-refractivity contribution in [1.82, 2.24) is 4.90 Å². The first kappa shape index (κ1) is 12.2. The highest BCUT2D eigenvalue weighted by molar-refractivity contribution is 6.14. The number of rotatable bonds is 2. The SMILES string of the molecule is C[C@@H]1ON=C(c2ccccc2)[C@H]1C(=O)N1CCCC1. The van der Waals surface area contributed by atoms with Crippen LogP contribution in [-0.4, -0.2) is 35.7 Å². The molecule has 3 rings (SSSR count). The second kappa shape index (κ2) is 5.03. The number of carbonyl (C=O) groups excluding carboxylic acids is 1. The van der Waals surface area contributed by atoms with Crippen LogP contribution in [0.2, 0.25) is 0 Å². The van der Waals surface area contributed by atoms with E-state index in [1.165, 1.54) is 0 Å². The number of amides is 1. The van der Waals surface area contributed by atoms with Crippen LogP contribution in [0.4, 0.5) is 0 Å². The standard InChI is InChI=1S/C15H18N2O2/c1-11-13(15(18)17-9-5-6-10-17)14(16-19-11)12-7-3-2-4-8-12/h2-4,7-8,11,13H,5-6,9-10H2,1H3/t11-,13-/m0/s1. The van der Waals surface area contributed by atoms with Crippen LogP contribution in [0.15, 0.2) is 35.5 Å². The summed E-state index contributed by atoms with van der Waals surface area (Å²) >= 11 is 0. The van der Waals surface area contributed by atoms with Crippen molar-refractivity contribution >= 4 is 11.6 Å². The highest BCUT2D eigenvalue weighted by atomic mass is 16.6. The van der Waals surface area contributed by atoms with E-state index in [1.54, 1.807) is 0 Å². The Morgan fingerprint density at radius 3 is 2.63 bits per heavy atom. The molecule has 1 aromatic rings. The van der Waals surface area contributed by atoms with Gasteiger partial charge in [-0.15, -0.1) is 0 Å². The third-order valence-corrected chi connectivity index (χ3v) is 3.83. The van der Waals surface area contributed by atoms with Crippen molar-refractivity contribution < 1.29 is 9.63 Å². The Hall–Kier alpha value is -1.84. The number of nitrogens with zero attached hydrogens (tertiary/aromatic N) is 2. The van der Waals surface area contributed by atoms with Gasteiger partial charge in [-0.05, 0) is 19.8 Å². The molecule has 0 aromatic heterocycles. The lowest BCUT2D eigenvalue weighted by Gasteiger charge is -2.22. The monoisotopic (exact) mass is 258 g/mol. The van der Waals surface area contributed by atoms with Crippen LogP contribution in [0.3, 0.4) is 0 Å². The van der Waals surface area contributed by atoms with Crippen molar-refractivity contribution in [2.45, 2.75) is 25.9 Å². The second-order valence-electron chi connectivity index (χ2n) is 5.16. The van der Waals surface area contributed by atoms with Crippen molar-refractivity contribution in [3.8, 4) is 0 Å². The maximum absolute atomic E-state index is 12.6. The van der Waals surface area contributed by atoms with Crippen molar-refractivity contribution in [3.05, 3.63) is 35.9 Å². The van der Waals surface area contributed by atoms with Crippen LogP contribution < -0.4 is 0 Å². The summed E-state index contributed by atoms with van der Waals surface area (Å²) in [6.07, 6.45) is 2.03. The molecule has 1 amide bonds. The Balaban J connectivity index is 1.86. The molecule has 19 heavy (non-hydrogen) atoms. The molecule has 2 aliphatic rings. The molecule has 0 N–H and O–H groups in total. The van der Waals surface area contributed by atoms with Crippen molar-refractivity contribution in [2.24, 2.45) is 11.1 Å². The molecular weight excluding hydrogens is 240 g/mol. The molecular formula is C15H18N2O2. The summed E-state index contributed by atoms with van der Waals surface area (Å²) in [7, 11) is 0. The molecule has 0 spiro atoms. The van der Waals surface area contributed by atoms with Gasteiger partial charge in [0.05, 0.1) is 0 Å². The minimum Gasteiger partial charge on any atom is -0.391 e. The molecule has 2 heterocycles. The second-order valence-corrected chi connectivity index (χ2v) is 5.16. The topological polar surface area (TPSA) is 41.9 Å². The molecule has 0 bridgehead atoms. The lowest BCUT2D eigenvalue weighted by molar-refractivity contribution is -0.134. The zero-order valence-electron chi connectivity index (χ0n) is 11.1. The molecule has 0 unspecified atom stereocenters. The summed E-state index contributed by atoms with van der Waals surface area (Å²) < 4.78 is 0. The van der Waals surface area contributed by atoms with E-state index in [9.17, 15) is 4.79 Å². The maximum atomic E-state index is 12.6. The first-order chi connectivity index (χ1) is 9.27. The minimum absolute atomic E-state index is 0.158. The number of benzene rings is 1. The number of oxime groups is 1. The Morgan fingerprint density at radius 2 is 1.95 bits per heavy atom. The van der Waals surface area contributed by atoms with Gasteiger partial charge in [-0.2, -0.15) is 0 Å². The summed E-state index contributed by atoms with van der Waals surface area (Å²) in [6, 6.07) is 9.83. The summed E-state index contributed by atoms with van der Waals surface area (Å²) in [6.45, 7) is 3.65.